The predicted octanol–water partition coefficient (Wildman–Crippen LogP) is -0.582. The van der Waals surface area contributed by atoms with E-state index >= 15 is 0 Å². The minimum Gasteiger partial charge on any atom is -0.481 e. The van der Waals surface area contributed by atoms with Crippen LogP contribution in [-0.4, -0.2) is 27.4 Å². The largest absolute Gasteiger partial charge is 0.481 e. The van der Waals surface area contributed by atoms with Gasteiger partial charge in [-0.3, -0.25) is 9.59 Å². The number of hydrogen-bond acceptors (Lipinski definition) is 4. The molecule has 0 aromatic rings. The van der Waals surface area contributed by atoms with E-state index in [1.807, 2.05) is 0 Å². The van der Waals surface area contributed by atoms with Crippen molar-refractivity contribution in [3.05, 3.63) is 0 Å². The maximum Gasteiger partial charge on any atom is 0.305 e. The van der Waals surface area contributed by atoms with E-state index in [0.717, 1.165) is 11.8 Å². The van der Waals surface area contributed by atoms with Crippen LogP contribution in [0.4, 0.5) is 0 Å². The molecule has 6 heteroatoms. The number of carbonyl (C=O) groups excluding carboxylic acids is 1. The van der Waals surface area contributed by atoms with E-state index in [0.29, 0.717) is 0 Å². The van der Waals surface area contributed by atoms with Gasteiger partial charge in [0.2, 0.25) is 0 Å². The van der Waals surface area contributed by atoms with Gasteiger partial charge in [0.1, 0.15) is 5.25 Å². The van der Waals surface area contributed by atoms with Crippen molar-refractivity contribution in [1.29, 1.82) is 0 Å². The van der Waals surface area contributed by atoms with Crippen LogP contribution in [0.2, 0.25) is 0 Å². The molecule has 1 heterocycles. The molecule has 0 unspecified atom stereocenters. The summed E-state index contributed by atoms with van der Waals surface area (Å²) in [4.78, 5) is 24.3. The van der Waals surface area contributed by atoms with Crippen molar-refractivity contribution >= 4 is 28.8 Å². The smallest absolute Gasteiger partial charge is 0.305 e. The van der Waals surface area contributed by atoms with Crippen molar-refractivity contribution in [3.8, 4) is 0 Å². The van der Waals surface area contributed by atoms with E-state index in [1.54, 1.807) is 0 Å². The highest BCUT2D eigenvalue weighted by Crippen LogP contribution is 2.22. The van der Waals surface area contributed by atoms with Crippen LogP contribution in [0, 0.1) is 0 Å². The van der Waals surface area contributed by atoms with Crippen LogP contribution in [-0.2, 0) is 9.59 Å². The number of rotatable bonds is 2. The first-order valence-electron chi connectivity index (χ1n) is 2.86. The third-order valence-corrected chi connectivity index (χ3v) is 2.10. The van der Waals surface area contributed by atoms with Crippen LogP contribution in [0.15, 0.2) is 4.99 Å². The van der Waals surface area contributed by atoms with Crippen LogP contribution < -0.4 is 5.73 Å². The minimum atomic E-state index is -1.01. The number of carboxylic acids is 1. The molecule has 0 spiro atoms. The summed E-state index contributed by atoms with van der Waals surface area (Å²) in [6.45, 7) is 0. The molecular weight excluding hydrogens is 168 g/mol. The van der Waals surface area contributed by atoms with E-state index in [1.165, 1.54) is 0 Å². The Kier molecular flexibility index (Phi) is 2.13. The summed E-state index contributed by atoms with van der Waals surface area (Å²) in [6, 6.07) is 0. The molecule has 3 N–H and O–H groups in total. The molecule has 0 aromatic heterocycles. The number of nitrogens with two attached hydrogens (primary N) is 1. The summed E-state index contributed by atoms with van der Waals surface area (Å²) in [5.41, 5.74) is 5.19. The second-order valence-corrected chi connectivity index (χ2v) is 3.22. The number of carbonyl (C=O) groups is 2. The van der Waals surface area contributed by atoms with Gasteiger partial charge in [0.15, 0.2) is 5.17 Å². The van der Waals surface area contributed by atoms with E-state index in [9.17, 15) is 9.59 Å². The molecule has 0 bridgehead atoms. The van der Waals surface area contributed by atoms with Gasteiger partial charge in [0, 0.05) is 0 Å². The summed E-state index contributed by atoms with van der Waals surface area (Å²) in [5.74, 6) is -1.46. The van der Waals surface area contributed by atoms with Crippen LogP contribution in [0.25, 0.3) is 0 Å². The summed E-state index contributed by atoms with van der Waals surface area (Å²) < 4.78 is 0. The summed E-state index contributed by atoms with van der Waals surface area (Å²) >= 11 is 0.999. The number of aliphatic imine (C=N–C) groups is 1. The van der Waals surface area contributed by atoms with Gasteiger partial charge in [-0.15, -0.1) is 0 Å². The Hall–Kier alpha value is -1.04. The summed E-state index contributed by atoms with van der Waals surface area (Å²) in [5, 5.41) is 7.86. The lowest BCUT2D eigenvalue weighted by Gasteiger charge is -1.99. The van der Waals surface area contributed by atoms with Crippen LogP contribution in [0.3, 0.4) is 0 Å². The Morgan fingerprint density at radius 3 is 2.82 bits per heavy atom. The first-order valence-corrected chi connectivity index (χ1v) is 3.74. The maximum atomic E-state index is 10.8. The number of thioether (sulfide) groups is 1. The number of amidine groups is 1. The topological polar surface area (TPSA) is 92.8 Å². The lowest BCUT2D eigenvalue weighted by molar-refractivity contribution is -0.138. The van der Waals surface area contributed by atoms with Crippen LogP contribution in [0.1, 0.15) is 6.42 Å². The first kappa shape index (κ1) is 8.06. The van der Waals surface area contributed by atoms with E-state index < -0.39 is 17.1 Å². The number of hydrogen-bond donors (Lipinski definition) is 2. The second kappa shape index (κ2) is 2.91. The van der Waals surface area contributed by atoms with Gasteiger partial charge in [0.05, 0.1) is 6.42 Å². The van der Waals surface area contributed by atoms with Gasteiger partial charge < -0.3 is 10.8 Å². The number of aliphatic carboxylic acids is 1. The van der Waals surface area contributed by atoms with Crippen LogP contribution in [0.5, 0.6) is 0 Å². The molecule has 1 aliphatic rings. The van der Waals surface area contributed by atoms with Crippen LogP contribution >= 0.6 is 11.8 Å². The maximum absolute atomic E-state index is 10.8. The molecular formula is C5H6N2O3S. The van der Waals surface area contributed by atoms with Crippen molar-refractivity contribution in [2.75, 3.05) is 0 Å². The fourth-order valence-corrected chi connectivity index (χ4v) is 1.50. The normalized spacial score (nSPS) is 23.5. The molecule has 60 valence electrons. The first-order chi connectivity index (χ1) is 5.09. The monoisotopic (exact) mass is 174 g/mol. The SMILES string of the molecule is NC1=NC(=O)[C@@H](CC(=O)O)S1. The Bertz CT molecular complexity index is 238. The van der Waals surface area contributed by atoms with E-state index in [-0.39, 0.29) is 11.6 Å². The molecule has 0 saturated carbocycles. The van der Waals surface area contributed by atoms with Crippen molar-refractivity contribution in [2.24, 2.45) is 10.7 Å². The zero-order chi connectivity index (χ0) is 8.43. The standard InChI is InChI=1S/C5H6N2O3S/c6-5-7-4(10)2(11-5)1-3(8)9/h2H,1H2,(H,8,9)(H2,6,7,10)/t2-/m1/s1. The Morgan fingerprint density at radius 2 is 2.45 bits per heavy atom. The Labute approximate surface area is 66.7 Å². The highest BCUT2D eigenvalue weighted by atomic mass is 32.2. The van der Waals surface area contributed by atoms with E-state index in [4.69, 9.17) is 10.8 Å². The average molecular weight is 174 g/mol. The van der Waals surface area contributed by atoms with E-state index in [2.05, 4.69) is 4.99 Å². The van der Waals surface area contributed by atoms with Gasteiger partial charge in [-0.2, -0.15) is 4.99 Å². The third-order valence-electron chi connectivity index (χ3n) is 1.12. The molecule has 0 aliphatic carbocycles. The fraction of sp³-hybridized carbons (Fsp3) is 0.400. The van der Waals surface area contributed by atoms with Crippen molar-refractivity contribution in [3.63, 3.8) is 0 Å². The van der Waals surface area contributed by atoms with Crippen molar-refractivity contribution in [2.45, 2.75) is 11.7 Å². The summed E-state index contributed by atoms with van der Waals surface area (Å²) in [7, 11) is 0. The third kappa shape index (κ3) is 1.94. The van der Waals surface area contributed by atoms with Gasteiger partial charge in [-0.1, -0.05) is 11.8 Å². The highest BCUT2D eigenvalue weighted by molar-refractivity contribution is 8.15. The molecule has 0 radical (unpaired) electrons. The number of carboxylic acid groups (broad SMARTS) is 1. The van der Waals surface area contributed by atoms with Crippen molar-refractivity contribution in [1.82, 2.24) is 0 Å². The molecule has 1 aliphatic heterocycles. The number of nitrogens with zero attached hydrogens (tertiary/aromatic N) is 1. The molecule has 0 fully saturated rings. The molecule has 1 rings (SSSR count). The fourth-order valence-electron chi connectivity index (χ4n) is 0.691. The quantitative estimate of drug-likeness (QED) is 0.584. The van der Waals surface area contributed by atoms with Gasteiger partial charge in [-0.05, 0) is 0 Å². The molecule has 5 nitrogen and oxygen atoms in total. The van der Waals surface area contributed by atoms with Gasteiger partial charge in [-0.25, -0.2) is 0 Å². The molecule has 0 aromatic carbocycles. The predicted molar refractivity (Wildman–Crippen MR) is 40.3 cm³/mol. The lowest BCUT2D eigenvalue weighted by Crippen LogP contribution is -2.15. The molecule has 0 saturated heterocycles. The lowest BCUT2D eigenvalue weighted by atomic mass is 10.3. The van der Waals surface area contributed by atoms with Gasteiger partial charge in [0.25, 0.3) is 5.91 Å². The second-order valence-electron chi connectivity index (χ2n) is 1.99. The van der Waals surface area contributed by atoms with Gasteiger partial charge >= 0.3 is 5.97 Å². The summed E-state index contributed by atoms with van der Waals surface area (Å²) in [6.07, 6.45) is -0.215. The minimum absolute atomic E-state index is 0.154. The molecule has 1 amide bonds. The molecule has 1 atom stereocenters. The zero-order valence-electron chi connectivity index (χ0n) is 5.48. The zero-order valence-corrected chi connectivity index (χ0v) is 6.30. The molecule has 11 heavy (non-hydrogen) atoms. The Morgan fingerprint density at radius 1 is 1.82 bits per heavy atom. The average Bonchev–Trinajstić information content (AvgIpc) is 2.09. The number of amides is 1. The highest BCUT2D eigenvalue weighted by Gasteiger charge is 2.28. The Balaban J connectivity index is 2.53. The van der Waals surface area contributed by atoms with Crippen molar-refractivity contribution < 1.29 is 14.7 Å².